The fraction of sp³-hybridized carbons (Fsp3) is 0.792. The Hall–Kier alpha value is -2.89. The summed E-state index contributed by atoms with van der Waals surface area (Å²) in [4.78, 5) is 61.6. The number of nitrogens with one attached hydrogen (secondary N) is 3. The van der Waals surface area contributed by atoms with Gasteiger partial charge in [0.1, 0.15) is 23.3 Å². The average Bonchev–Trinajstić information content (AvgIpc) is 2.73. The summed E-state index contributed by atoms with van der Waals surface area (Å²) in [6.45, 7) is 11.2. The van der Waals surface area contributed by atoms with Crippen LogP contribution in [0.2, 0.25) is 0 Å². The zero-order valence-electron chi connectivity index (χ0n) is 22.7. The molecule has 0 saturated carbocycles. The number of hydrogen-bond donors (Lipinski definition) is 4. The molecule has 0 aromatic rings. The Labute approximate surface area is 213 Å². The molecule has 36 heavy (non-hydrogen) atoms. The molecule has 0 aromatic heterocycles. The minimum Gasteiger partial charge on any atom is -0.467 e. The molecule has 0 aliphatic carbocycles. The van der Waals surface area contributed by atoms with E-state index in [-0.39, 0.29) is 31.6 Å². The topological polar surface area (TPSA) is 175 Å². The quantitative estimate of drug-likeness (QED) is 0.151. The van der Waals surface area contributed by atoms with E-state index in [1.165, 1.54) is 0 Å². The molecule has 0 aliphatic rings. The van der Waals surface area contributed by atoms with E-state index < -0.39 is 47.2 Å². The molecule has 0 fully saturated rings. The Kier molecular flexibility index (Phi) is 14.7. The maximum Gasteiger partial charge on any atom is 0.329 e. The number of rotatable bonds is 14. The smallest absolute Gasteiger partial charge is 0.329 e. The molecule has 0 spiro atoms. The number of carbonyl (C=O) groups is 5. The van der Waals surface area contributed by atoms with E-state index >= 15 is 0 Å². The van der Waals surface area contributed by atoms with Crippen LogP contribution in [0, 0.1) is 0 Å². The third-order valence-electron chi connectivity index (χ3n) is 4.46. The van der Waals surface area contributed by atoms with Crippen molar-refractivity contribution in [2.24, 2.45) is 5.73 Å². The molecule has 208 valence electrons. The zero-order valence-corrected chi connectivity index (χ0v) is 22.7. The van der Waals surface area contributed by atoms with Crippen LogP contribution in [0.4, 0.5) is 4.79 Å². The number of amides is 3. The summed E-state index contributed by atoms with van der Waals surface area (Å²) in [5.74, 6) is -2.31. The fourth-order valence-corrected chi connectivity index (χ4v) is 2.89. The summed E-state index contributed by atoms with van der Waals surface area (Å²) in [5.41, 5.74) is 3.89. The van der Waals surface area contributed by atoms with Gasteiger partial charge < -0.3 is 35.9 Å². The van der Waals surface area contributed by atoms with Crippen molar-refractivity contribution in [2.75, 3.05) is 20.2 Å². The summed E-state index contributed by atoms with van der Waals surface area (Å²) in [6, 6.07) is -3.16. The van der Waals surface area contributed by atoms with Gasteiger partial charge in [0, 0.05) is 19.4 Å². The number of urea groups is 1. The second-order valence-electron chi connectivity index (χ2n) is 10.3. The highest BCUT2D eigenvalue weighted by Gasteiger charge is 2.30. The van der Waals surface area contributed by atoms with Crippen LogP contribution in [0.3, 0.4) is 0 Å². The summed E-state index contributed by atoms with van der Waals surface area (Å²) >= 11 is 0. The molecule has 12 heteroatoms. The molecule has 3 amide bonds. The van der Waals surface area contributed by atoms with Gasteiger partial charge in [0.2, 0.25) is 5.91 Å². The number of methoxy groups -OCH3 is 1. The summed E-state index contributed by atoms with van der Waals surface area (Å²) < 4.78 is 15.3. The van der Waals surface area contributed by atoms with Crippen LogP contribution in [0.15, 0.2) is 0 Å². The minimum absolute atomic E-state index is 0.0160. The molecule has 0 aromatic carbocycles. The lowest BCUT2D eigenvalue weighted by atomic mass is 10.1. The van der Waals surface area contributed by atoms with Crippen molar-refractivity contribution in [1.29, 1.82) is 0 Å². The van der Waals surface area contributed by atoms with Gasteiger partial charge in [-0.05, 0) is 73.8 Å². The van der Waals surface area contributed by atoms with E-state index in [0.717, 1.165) is 20.0 Å². The van der Waals surface area contributed by atoms with Gasteiger partial charge in [-0.15, -0.1) is 0 Å². The van der Waals surface area contributed by atoms with Gasteiger partial charge in [-0.25, -0.2) is 14.4 Å². The van der Waals surface area contributed by atoms with Gasteiger partial charge in [-0.3, -0.25) is 9.59 Å². The molecule has 0 heterocycles. The monoisotopic (exact) mass is 516 g/mol. The van der Waals surface area contributed by atoms with Crippen molar-refractivity contribution in [3.8, 4) is 0 Å². The van der Waals surface area contributed by atoms with Crippen molar-refractivity contribution < 1.29 is 38.2 Å². The van der Waals surface area contributed by atoms with E-state index in [0.29, 0.717) is 13.1 Å². The largest absolute Gasteiger partial charge is 0.467 e. The normalized spacial score (nSPS) is 13.1. The standard InChI is InChI=1S/C24H44N4O8/c1-23(2,3)35-19(30)13-11-17(21(32)36-24(4,5)6)28-22(33)27-16(20(31)34-7)10-12-18(29)26-15-9-8-14-25/h16-17H,8-15,25H2,1-7H3,(H,26,29)(H2,27,28,33)/t16-,17-/m0/s1. The molecule has 12 nitrogen and oxygen atoms in total. The predicted octanol–water partition coefficient (Wildman–Crippen LogP) is 1.29. The number of carbonyl (C=O) groups excluding carboxylic acids is 5. The SMILES string of the molecule is COC(=O)[C@H](CCC(=O)NCCCCN)NC(=O)N[C@@H](CCC(=O)OC(C)(C)C)C(=O)OC(C)(C)C. The second-order valence-corrected chi connectivity index (χ2v) is 10.3. The summed E-state index contributed by atoms with van der Waals surface area (Å²) in [6.07, 6.45) is 1.24. The lowest BCUT2D eigenvalue weighted by Crippen LogP contribution is -2.52. The van der Waals surface area contributed by atoms with Crippen LogP contribution in [-0.2, 0) is 33.4 Å². The third-order valence-corrected chi connectivity index (χ3v) is 4.46. The molecule has 0 aliphatic heterocycles. The van der Waals surface area contributed by atoms with Crippen LogP contribution in [0.1, 0.15) is 80.1 Å². The van der Waals surface area contributed by atoms with E-state index in [2.05, 4.69) is 16.0 Å². The number of unbranched alkanes of at least 4 members (excludes halogenated alkanes) is 1. The Morgan fingerprint density at radius 3 is 1.81 bits per heavy atom. The van der Waals surface area contributed by atoms with Crippen LogP contribution in [0.25, 0.3) is 0 Å². The van der Waals surface area contributed by atoms with Gasteiger partial charge in [0.05, 0.1) is 7.11 Å². The van der Waals surface area contributed by atoms with Gasteiger partial charge in [0.25, 0.3) is 0 Å². The van der Waals surface area contributed by atoms with Crippen LogP contribution in [0.5, 0.6) is 0 Å². The van der Waals surface area contributed by atoms with Gasteiger partial charge in [0.15, 0.2) is 0 Å². The molecule has 0 unspecified atom stereocenters. The Morgan fingerprint density at radius 1 is 0.778 bits per heavy atom. The van der Waals surface area contributed by atoms with Crippen molar-refractivity contribution in [2.45, 2.75) is 103 Å². The first-order valence-corrected chi connectivity index (χ1v) is 12.1. The number of nitrogens with two attached hydrogens (primary N) is 1. The molecule has 0 rings (SSSR count). The highest BCUT2D eigenvalue weighted by Crippen LogP contribution is 2.13. The maximum absolute atomic E-state index is 12.7. The maximum atomic E-state index is 12.7. The Bertz CT molecular complexity index is 743. The van der Waals surface area contributed by atoms with E-state index in [4.69, 9.17) is 19.9 Å². The molecule has 0 radical (unpaired) electrons. The second kappa shape index (κ2) is 16.0. The van der Waals surface area contributed by atoms with Crippen molar-refractivity contribution >= 4 is 29.8 Å². The lowest BCUT2D eigenvalue weighted by Gasteiger charge is -2.26. The van der Waals surface area contributed by atoms with Crippen molar-refractivity contribution in [1.82, 2.24) is 16.0 Å². The molecule has 0 saturated heterocycles. The van der Waals surface area contributed by atoms with Gasteiger partial charge in [-0.1, -0.05) is 0 Å². The summed E-state index contributed by atoms with van der Waals surface area (Å²) in [5, 5.41) is 7.59. The number of hydrogen-bond acceptors (Lipinski definition) is 9. The van der Waals surface area contributed by atoms with Crippen molar-refractivity contribution in [3.63, 3.8) is 0 Å². The first-order chi connectivity index (χ1) is 16.6. The van der Waals surface area contributed by atoms with E-state index in [1.54, 1.807) is 41.5 Å². The highest BCUT2D eigenvalue weighted by molar-refractivity contribution is 5.88. The van der Waals surface area contributed by atoms with Crippen LogP contribution < -0.4 is 21.7 Å². The van der Waals surface area contributed by atoms with Crippen LogP contribution in [-0.4, -0.2) is 73.3 Å². The predicted molar refractivity (Wildman–Crippen MR) is 133 cm³/mol. The third kappa shape index (κ3) is 16.7. The summed E-state index contributed by atoms with van der Waals surface area (Å²) in [7, 11) is 1.16. The number of ether oxygens (including phenoxy) is 3. The minimum atomic E-state index is -1.18. The van der Waals surface area contributed by atoms with E-state index in [9.17, 15) is 24.0 Å². The first-order valence-electron chi connectivity index (χ1n) is 12.1. The molecular weight excluding hydrogens is 472 g/mol. The van der Waals surface area contributed by atoms with Gasteiger partial charge in [-0.2, -0.15) is 0 Å². The first kappa shape index (κ1) is 33.1. The van der Waals surface area contributed by atoms with Crippen LogP contribution >= 0.6 is 0 Å². The Morgan fingerprint density at radius 2 is 1.31 bits per heavy atom. The molecule has 5 N–H and O–H groups in total. The number of esters is 3. The molecule has 2 atom stereocenters. The lowest BCUT2D eigenvalue weighted by molar-refractivity contribution is -0.158. The van der Waals surface area contributed by atoms with E-state index in [1.807, 2.05) is 0 Å². The van der Waals surface area contributed by atoms with Gasteiger partial charge >= 0.3 is 23.9 Å². The molecular formula is C24H44N4O8. The highest BCUT2D eigenvalue weighted by atomic mass is 16.6. The average molecular weight is 517 g/mol. The van der Waals surface area contributed by atoms with Crippen molar-refractivity contribution in [3.05, 3.63) is 0 Å². The fourth-order valence-electron chi connectivity index (χ4n) is 2.89. The Balaban J connectivity index is 5.16. The zero-order chi connectivity index (χ0) is 27.9. The molecule has 0 bridgehead atoms.